The number of imide groups is 1. The molecule has 2 atom stereocenters. The lowest BCUT2D eigenvalue weighted by molar-refractivity contribution is -0.134. The third-order valence-electron chi connectivity index (χ3n) is 3.13. The van der Waals surface area contributed by atoms with Crippen LogP contribution >= 0.6 is 0 Å². The molecule has 1 heterocycles. The molecule has 19 heavy (non-hydrogen) atoms. The molecule has 2 amide bonds. The minimum absolute atomic E-state index is 0.272. The van der Waals surface area contributed by atoms with Crippen molar-refractivity contribution in [1.82, 2.24) is 10.6 Å². The molecule has 1 aliphatic heterocycles. The van der Waals surface area contributed by atoms with E-state index < -0.39 is 17.7 Å². The van der Waals surface area contributed by atoms with Crippen LogP contribution in [0.5, 0.6) is 0 Å². The van der Waals surface area contributed by atoms with E-state index in [1.807, 2.05) is 0 Å². The van der Waals surface area contributed by atoms with Crippen LogP contribution in [0.1, 0.15) is 31.4 Å². The Morgan fingerprint density at radius 2 is 2.05 bits per heavy atom. The summed E-state index contributed by atoms with van der Waals surface area (Å²) in [5, 5.41) is 5.23. The van der Waals surface area contributed by atoms with E-state index in [-0.39, 0.29) is 24.3 Å². The normalized spacial score (nSPS) is 21.1. The van der Waals surface area contributed by atoms with E-state index in [1.54, 1.807) is 6.92 Å². The highest BCUT2D eigenvalue weighted by molar-refractivity contribution is 6.00. The van der Waals surface area contributed by atoms with Crippen LogP contribution in [0.15, 0.2) is 18.2 Å². The molecule has 0 aromatic heterocycles. The Morgan fingerprint density at radius 3 is 2.68 bits per heavy atom. The summed E-state index contributed by atoms with van der Waals surface area (Å²) in [5.74, 6) is -2.50. The molecule has 4 nitrogen and oxygen atoms in total. The molecule has 102 valence electrons. The number of amides is 2. The third kappa shape index (κ3) is 3.14. The van der Waals surface area contributed by atoms with Crippen molar-refractivity contribution in [3.8, 4) is 0 Å². The second-order valence-corrected chi connectivity index (χ2v) is 4.57. The molecule has 6 heteroatoms. The van der Waals surface area contributed by atoms with Crippen LogP contribution in [-0.2, 0) is 9.59 Å². The molecule has 0 radical (unpaired) electrons. The average Bonchev–Trinajstić information content (AvgIpc) is 2.36. The van der Waals surface area contributed by atoms with Gasteiger partial charge in [-0.1, -0.05) is 6.07 Å². The van der Waals surface area contributed by atoms with Gasteiger partial charge in [0, 0.05) is 12.5 Å². The van der Waals surface area contributed by atoms with Gasteiger partial charge in [0.05, 0.1) is 6.04 Å². The Labute approximate surface area is 109 Å². The fraction of sp³-hybridized carbons (Fsp3) is 0.385. The summed E-state index contributed by atoms with van der Waals surface area (Å²) in [5.41, 5.74) is 0.545. The fourth-order valence-electron chi connectivity index (χ4n) is 2.03. The maximum atomic E-state index is 13.1. The lowest BCUT2D eigenvalue weighted by atomic mass is 10.0. The highest BCUT2D eigenvalue weighted by Crippen LogP contribution is 2.18. The van der Waals surface area contributed by atoms with Crippen molar-refractivity contribution in [3.63, 3.8) is 0 Å². The molecular formula is C13H14F2N2O2. The summed E-state index contributed by atoms with van der Waals surface area (Å²) in [4.78, 5) is 22.6. The predicted molar refractivity (Wildman–Crippen MR) is 64.1 cm³/mol. The van der Waals surface area contributed by atoms with Crippen molar-refractivity contribution in [2.24, 2.45) is 0 Å². The van der Waals surface area contributed by atoms with Crippen LogP contribution in [0.4, 0.5) is 8.78 Å². The highest BCUT2D eigenvalue weighted by Gasteiger charge is 2.27. The minimum atomic E-state index is -0.922. The number of nitrogens with one attached hydrogen (secondary N) is 2. The smallest absolute Gasteiger partial charge is 0.243 e. The Kier molecular flexibility index (Phi) is 3.90. The van der Waals surface area contributed by atoms with Crippen molar-refractivity contribution in [3.05, 3.63) is 35.4 Å². The van der Waals surface area contributed by atoms with Gasteiger partial charge in [0.15, 0.2) is 11.6 Å². The molecule has 0 bridgehead atoms. The Balaban J connectivity index is 2.04. The van der Waals surface area contributed by atoms with Crippen molar-refractivity contribution < 1.29 is 18.4 Å². The van der Waals surface area contributed by atoms with Gasteiger partial charge in [-0.15, -0.1) is 0 Å². The largest absolute Gasteiger partial charge is 0.299 e. The molecule has 1 aromatic rings. The van der Waals surface area contributed by atoms with Gasteiger partial charge < -0.3 is 0 Å². The maximum Gasteiger partial charge on any atom is 0.243 e. The third-order valence-corrected chi connectivity index (χ3v) is 3.13. The molecule has 1 fully saturated rings. The summed E-state index contributed by atoms with van der Waals surface area (Å²) >= 11 is 0. The molecule has 1 aliphatic rings. The van der Waals surface area contributed by atoms with Crippen LogP contribution in [-0.4, -0.2) is 17.9 Å². The Morgan fingerprint density at radius 1 is 1.32 bits per heavy atom. The number of benzene rings is 1. The van der Waals surface area contributed by atoms with Crippen LogP contribution in [0.3, 0.4) is 0 Å². The summed E-state index contributed by atoms with van der Waals surface area (Å²) < 4.78 is 25.9. The van der Waals surface area contributed by atoms with Crippen molar-refractivity contribution in [1.29, 1.82) is 0 Å². The first-order chi connectivity index (χ1) is 8.97. The maximum absolute atomic E-state index is 13.1. The van der Waals surface area contributed by atoms with Gasteiger partial charge in [0.2, 0.25) is 11.8 Å². The van der Waals surface area contributed by atoms with Gasteiger partial charge in [-0.05, 0) is 31.0 Å². The molecule has 0 saturated carbocycles. The molecular weight excluding hydrogens is 254 g/mol. The zero-order valence-corrected chi connectivity index (χ0v) is 10.4. The van der Waals surface area contributed by atoms with Crippen molar-refractivity contribution in [2.75, 3.05) is 0 Å². The van der Waals surface area contributed by atoms with Crippen LogP contribution < -0.4 is 10.6 Å². The van der Waals surface area contributed by atoms with E-state index in [0.717, 1.165) is 12.1 Å². The number of hydrogen-bond acceptors (Lipinski definition) is 3. The quantitative estimate of drug-likeness (QED) is 0.815. The highest BCUT2D eigenvalue weighted by atomic mass is 19.2. The molecule has 2 unspecified atom stereocenters. The zero-order chi connectivity index (χ0) is 14.0. The van der Waals surface area contributed by atoms with E-state index >= 15 is 0 Å². The van der Waals surface area contributed by atoms with Gasteiger partial charge in [-0.25, -0.2) is 8.78 Å². The first-order valence-corrected chi connectivity index (χ1v) is 6.02. The monoisotopic (exact) mass is 268 g/mol. The minimum Gasteiger partial charge on any atom is -0.299 e. The number of rotatable bonds is 3. The van der Waals surface area contributed by atoms with Crippen LogP contribution in [0.25, 0.3) is 0 Å². The summed E-state index contributed by atoms with van der Waals surface area (Å²) in [6.07, 6.45) is 0.673. The summed E-state index contributed by atoms with van der Waals surface area (Å²) in [6, 6.07) is 2.79. The van der Waals surface area contributed by atoms with Gasteiger partial charge >= 0.3 is 0 Å². The van der Waals surface area contributed by atoms with Gasteiger partial charge in [0.1, 0.15) is 0 Å². The lowest BCUT2D eigenvalue weighted by Gasteiger charge is -2.25. The van der Waals surface area contributed by atoms with Gasteiger partial charge in [0.25, 0.3) is 0 Å². The molecule has 2 rings (SSSR count). The van der Waals surface area contributed by atoms with Gasteiger partial charge in [-0.2, -0.15) is 0 Å². The molecule has 0 aliphatic carbocycles. The second kappa shape index (κ2) is 5.44. The molecule has 1 saturated heterocycles. The lowest BCUT2D eigenvalue weighted by Crippen LogP contribution is -2.51. The van der Waals surface area contributed by atoms with E-state index in [4.69, 9.17) is 0 Å². The Hall–Kier alpha value is -1.82. The molecule has 1 aromatic carbocycles. The van der Waals surface area contributed by atoms with Crippen LogP contribution in [0.2, 0.25) is 0 Å². The SMILES string of the molecule is CC(NC1CCC(=O)NC1=O)c1ccc(F)c(F)c1. The first kappa shape index (κ1) is 13.6. The van der Waals surface area contributed by atoms with E-state index in [0.29, 0.717) is 12.0 Å². The molecule has 2 N–H and O–H groups in total. The molecule has 0 spiro atoms. The fourth-order valence-corrected chi connectivity index (χ4v) is 2.03. The van der Waals surface area contributed by atoms with Crippen molar-refractivity contribution in [2.45, 2.75) is 31.8 Å². The topological polar surface area (TPSA) is 58.2 Å². The second-order valence-electron chi connectivity index (χ2n) is 4.57. The van der Waals surface area contributed by atoms with E-state index in [2.05, 4.69) is 10.6 Å². The Bertz CT molecular complexity index is 519. The summed E-state index contributed by atoms with van der Waals surface area (Å²) in [6.45, 7) is 1.75. The first-order valence-electron chi connectivity index (χ1n) is 6.02. The zero-order valence-electron chi connectivity index (χ0n) is 10.4. The standard InChI is InChI=1S/C13H14F2N2O2/c1-7(8-2-3-9(14)10(15)6-8)16-11-4-5-12(18)17-13(11)19/h2-3,6-7,11,16H,4-5H2,1H3,(H,17,18,19). The number of piperidine rings is 1. The summed E-state index contributed by atoms with van der Waals surface area (Å²) in [7, 11) is 0. The predicted octanol–water partition coefficient (Wildman–Crippen LogP) is 1.42. The van der Waals surface area contributed by atoms with E-state index in [1.165, 1.54) is 6.07 Å². The number of carbonyl (C=O) groups excluding carboxylic acids is 2. The number of hydrogen-bond donors (Lipinski definition) is 2. The average molecular weight is 268 g/mol. The van der Waals surface area contributed by atoms with E-state index in [9.17, 15) is 18.4 Å². The van der Waals surface area contributed by atoms with Gasteiger partial charge in [-0.3, -0.25) is 20.2 Å². The number of carbonyl (C=O) groups is 2. The van der Waals surface area contributed by atoms with Crippen LogP contribution in [0, 0.1) is 11.6 Å². The van der Waals surface area contributed by atoms with Crippen molar-refractivity contribution >= 4 is 11.8 Å². The number of halogens is 2.